The van der Waals surface area contributed by atoms with Crippen LogP contribution in [0.3, 0.4) is 0 Å². The molecule has 0 bridgehead atoms. The average molecular weight is 619 g/mol. The topological polar surface area (TPSA) is 90.2 Å². The number of para-hydroxylation sites is 1. The number of anilines is 1. The van der Waals surface area contributed by atoms with Crippen molar-refractivity contribution in [2.24, 2.45) is 0 Å². The Morgan fingerprint density at radius 1 is 0.848 bits per heavy atom. The summed E-state index contributed by atoms with van der Waals surface area (Å²) in [6.07, 6.45) is 4.15. The normalized spacial score (nSPS) is 12.8. The number of nitrogens with zero attached hydrogens (tertiary/aromatic N) is 1. The highest BCUT2D eigenvalue weighted by Crippen LogP contribution is 2.33. The number of amides is 1. The smallest absolute Gasteiger partial charge is 0.259 e. The summed E-state index contributed by atoms with van der Waals surface area (Å²) in [6.45, 7) is 3.01. The number of carbonyl (C=O) groups excluding carboxylic acids is 1. The Hall–Kier alpha value is -5.08. The number of carbonyl (C=O) groups is 1. The number of benzene rings is 4. The highest BCUT2D eigenvalue weighted by atomic mass is 16.5. The third-order valence-corrected chi connectivity index (χ3v) is 8.55. The van der Waals surface area contributed by atoms with Crippen molar-refractivity contribution in [2.45, 2.75) is 32.2 Å². The Bertz CT molecular complexity index is 1910. The second-order valence-corrected chi connectivity index (χ2v) is 11.5. The van der Waals surface area contributed by atoms with Gasteiger partial charge in [0.15, 0.2) is 22.5 Å². The highest BCUT2D eigenvalue weighted by molar-refractivity contribution is 6.11. The summed E-state index contributed by atoms with van der Waals surface area (Å²) in [5.74, 6) is 2.24. The number of aryl methyl sites for hydroxylation is 1. The summed E-state index contributed by atoms with van der Waals surface area (Å²) >= 11 is 0. The van der Waals surface area contributed by atoms with Crippen LogP contribution in [0.5, 0.6) is 17.2 Å². The summed E-state index contributed by atoms with van der Waals surface area (Å²) in [4.78, 5) is 28.8. The predicted molar refractivity (Wildman–Crippen MR) is 180 cm³/mol. The van der Waals surface area contributed by atoms with Gasteiger partial charge in [0, 0.05) is 30.4 Å². The molecule has 8 nitrogen and oxygen atoms in total. The van der Waals surface area contributed by atoms with Gasteiger partial charge in [-0.15, -0.1) is 0 Å². The van der Waals surface area contributed by atoms with E-state index < -0.39 is 0 Å². The van der Waals surface area contributed by atoms with Crippen LogP contribution in [0.2, 0.25) is 0 Å². The molecule has 1 amide bonds. The van der Waals surface area contributed by atoms with Crippen molar-refractivity contribution in [3.63, 3.8) is 0 Å². The molecule has 6 rings (SSSR count). The SMILES string of the molecule is COc1cccc(-c2cc(=O)c3cccc(C(=O)Nc4ccc(CCCCN5CCc6cc(OC)c(OC)cc6C5)cc4)c3o2)c1. The molecule has 46 heavy (non-hydrogen) atoms. The van der Waals surface area contributed by atoms with E-state index in [0.29, 0.717) is 33.7 Å². The Kier molecular flexibility index (Phi) is 9.36. The van der Waals surface area contributed by atoms with Crippen LogP contribution in [0.1, 0.15) is 39.9 Å². The van der Waals surface area contributed by atoms with Gasteiger partial charge in [0.05, 0.1) is 32.3 Å². The Morgan fingerprint density at radius 2 is 1.61 bits per heavy atom. The number of hydrogen-bond donors (Lipinski definition) is 1. The zero-order chi connectivity index (χ0) is 32.0. The van der Waals surface area contributed by atoms with Crippen LogP contribution >= 0.6 is 0 Å². The lowest BCUT2D eigenvalue weighted by Gasteiger charge is -2.29. The molecule has 0 saturated heterocycles. The van der Waals surface area contributed by atoms with E-state index in [2.05, 4.69) is 34.5 Å². The van der Waals surface area contributed by atoms with Gasteiger partial charge in [-0.2, -0.15) is 0 Å². The molecule has 0 spiro atoms. The van der Waals surface area contributed by atoms with E-state index in [4.69, 9.17) is 18.6 Å². The molecule has 0 atom stereocenters. The molecule has 0 radical (unpaired) electrons. The first-order valence-corrected chi connectivity index (χ1v) is 15.5. The van der Waals surface area contributed by atoms with Crippen molar-refractivity contribution in [2.75, 3.05) is 39.7 Å². The fourth-order valence-corrected chi connectivity index (χ4v) is 6.02. The first-order valence-electron chi connectivity index (χ1n) is 15.5. The van der Waals surface area contributed by atoms with Crippen LogP contribution in [0.25, 0.3) is 22.3 Å². The summed E-state index contributed by atoms with van der Waals surface area (Å²) in [7, 11) is 4.93. The molecule has 8 heteroatoms. The maximum Gasteiger partial charge on any atom is 0.259 e. The number of fused-ring (bicyclic) bond motifs is 2. The van der Waals surface area contributed by atoms with Crippen LogP contribution in [0.4, 0.5) is 5.69 Å². The molecule has 4 aromatic carbocycles. The van der Waals surface area contributed by atoms with E-state index >= 15 is 0 Å². The summed E-state index contributed by atoms with van der Waals surface area (Å²) in [5.41, 5.74) is 5.55. The van der Waals surface area contributed by atoms with Gasteiger partial charge in [0.1, 0.15) is 11.5 Å². The quantitative estimate of drug-likeness (QED) is 0.158. The number of ether oxygens (including phenoxy) is 3. The molecular formula is C38H38N2O6. The number of unbranched alkanes of at least 4 members (excludes halogenated alkanes) is 1. The minimum Gasteiger partial charge on any atom is -0.497 e. The first kappa shape index (κ1) is 30.9. The van der Waals surface area contributed by atoms with Crippen LogP contribution < -0.4 is 25.0 Å². The van der Waals surface area contributed by atoms with E-state index in [1.807, 2.05) is 30.3 Å². The molecule has 0 unspecified atom stereocenters. The van der Waals surface area contributed by atoms with Crippen molar-refractivity contribution in [3.05, 3.63) is 117 Å². The lowest BCUT2D eigenvalue weighted by atomic mass is 9.98. The van der Waals surface area contributed by atoms with Crippen molar-refractivity contribution >= 4 is 22.6 Å². The molecule has 5 aromatic rings. The monoisotopic (exact) mass is 618 g/mol. The van der Waals surface area contributed by atoms with Gasteiger partial charge in [-0.25, -0.2) is 0 Å². The van der Waals surface area contributed by atoms with E-state index in [9.17, 15) is 9.59 Å². The first-order chi connectivity index (χ1) is 22.4. The third kappa shape index (κ3) is 6.77. The molecule has 236 valence electrons. The molecule has 2 heterocycles. The lowest BCUT2D eigenvalue weighted by molar-refractivity contribution is 0.102. The number of hydrogen-bond acceptors (Lipinski definition) is 7. The fourth-order valence-electron chi connectivity index (χ4n) is 6.02. The number of rotatable bonds is 11. The Morgan fingerprint density at radius 3 is 2.37 bits per heavy atom. The van der Waals surface area contributed by atoms with Gasteiger partial charge in [-0.05, 0) is 97.4 Å². The van der Waals surface area contributed by atoms with Crippen molar-refractivity contribution in [1.82, 2.24) is 4.90 Å². The zero-order valence-corrected chi connectivity index (χ0v) is 26.4. The van der Waals surface area contributed by atoms with E-state index in [1.165, 1.54) is 22.8 Å². The molecule has 0 aliphatic carbocycles. The summed E-state index contributed by atoms with van der Waals surface area (Å²) in [6, 6.07) is 25.9. The summed E-state index contributed by atoms with van der Waals surface area (Å²) < 4.78 is 22.4. The average Bonchev–Trinajstić information content (AvgIpc) is 3.09. The Balaban J connectivity index is 1.05. The van der Waals surface area contributed by atoms with Gasteiger partial charge in [0.2, 0.25) is 0 Å². The standard InChI is InChI=1S/C38H38N2O6/c1-43-30-10-6-9-27(20-30)34-23-33(41)31-11-7-12-32(37(31)46-34)38(42)39-29-15-13-25(14-16-29)8-4-5-18-40-19-17-26-21-35(44-2)36(45-3)22-28(26)24-40/h6-7,9-16,20-23H,4-5,8,17-19,24H2,1-3H3,(H,39,42). The van der Waals surface area contributed by atoms with Crippen LogP contribution in [0, 0.1) is 0 Å². The van der Waals surface area contributed by atoms with Gasteiger partial charge in [-0.3, -0.25) is 14.5 Å². The molecule has 1 aromatic heterocycles. The van der Waals surface area contributed by atoms with Crippen LogP contribution in [0.15, 0.2) is 94.1 Å². The highest BCUT2D eigenvalue weighted by Gasteiger charge is 2.20. The molecule has 1 N–H and O–H groups in total. The Labute approximate surface area is 268 Å². The number of methoxy groups -OCH3 is 3. The molecule has 1 aliphatic heterocycles. The predicted octanol–water partition coefficient (Wildman–Crippen LogP) is 7.12. The van der Waals surface area contributed by atoms with E-state index in [1.54, 1.807) is 45.6 Å². The second kappa shape index (κ2) is 13.9. The van der Waals surface area contributed by atoms with Crippen molar-refractivity contribution in [3.8, 4) is 28.6 Å². The van der Waals surface area contributed by atoms with E-state index in [-0.39, 0.29) is 16.9 Å². The van der Waals surface area contributed by atoms with E-state index in [0.717, 1.165) is 56.8 Å². The lowest BCUT2D eigenvalue weighted by Crippen LogP contribution is -2.31. The van der Waals surface area contributed by atoms with Gasteiger partial charge >= 0.3 is 0 Å². The fraction of sp³-hybridized carbons (Fsp3) is 0.263. The van der Waals surface area contributed by atoms with Gasteiger partial charge in [0.25, 0.3) is 5.91 Å². The third-order valence-electron chi connectivity index (χ3n) is 8.55. The van der Waals surface area contributed by atoms with Crippen LogP contribution in [-0.4, -0.2) is 45.2 Å². The maximum atomic E-state index is 13.4. The molecule has 1 aliphatic rings. The minimum atomic E-state index is -0.344. The largest absolute Gasteiger partial charge is 0.497 e. The number of nitrogens with one attached hydrogen (secondary N) is 1. The van der Waals surface area contributed by atoms with Gasteiger partial charge in [-0.1, -0.05) is 30.3 Å². The zero-order valence-electron chi connectivity index (χ0n) is 26.4. The maximum absolute atomic E-state index is 13.4. The molecule has 0 fully saturated rings. The van der Waals surface area contributed by atoms with Crippen LogP contribution in [-0.2, 0) is 19.4 Å². The second-order valence-electron chi connectivity index (χ2n) is 11.5. The van der Waals surface area contributed by atoms with Crippen molar-refractivity contribution in [1.29, 1.82) is 0 Å². The van der Waals surface area contributed by atoms with Crippen molar-refractivity contribution < 1.29 is 23.4 Å². The summed E-state index contributed by atoms with van der Waals surface area (Å²) in [5, 5.41) is 3.31. The molecule has 0 saturated carbocycles. The molecular weight excluding hydrogens is 580 g/mol. The van der Waals surface area contributed by atoms with Gasteiger partial charge < -0.3 is 23.9 Å². The minimum absolute atomic E-state index is 0.218.